The zero-order chi connectivity index (χ0) is 22.9. The molecule has 1 fully saturated rings. The number of thiocarbonyl (C=S) groups is 1. The molecule has 0 aliphatic carbocycles. The van der Waals surface area contributed by atoms with Crippen molar-refractivity contribution < 1.29 is 13.9 Å². The number of carbonyl (C=O) groups is 1. The van der Waals surface area contributed by atoms with Crippen molar-refractivity contribution in [3.8, 4) is 22.9 Å². The van der Waals surface area contributed by atoms with Crippen LogP contribution in [-0.4, -0.2) is 38.6 Å². The number of rotatable bonds is 6. The Morgan fingerprint density at radius 2 is 2.00 bits per heavy atom. The second kappa shape index (κ2) is 8.88. The lowest BCUT2D eigenvalue weighted by Crippen LogP contribution is -2.28. The number of hydrogen-bond acceptors (Lipinski definition) is 6. The van der Waals surface area contributed by atoms with Crippen molar-refractivity contribution in [2.24, 2.45) is 0 Å². The van der Waals surface area contributed by atoms with Gasteiger partial charge in [0.1, 0.15) is 10.0 Å². The number of methoxy groups -OCH3 is 1. The van der Waals surface area contributed by atoms with E-state index in [4.69, 9.17) is 26.5 Å². The summed E-state index contributed by atoms with van der Waals surface area (Å²) in [6.45, 7) is 2.64. The van der Waals surface area contributed by atoms with E-state index in [1.165, 1.54) is 11.8 Å². The van der Waals surface area contributed by atoms with E-state index in [9.17, 15) is 4.79 Å². The lowest BCUT2D eigenvalue weighted by Gasteiger charge is -2.11. The Kier molecular flexibility index (Phi) is 5.78. The van der Waals surface area contributed by atoms with Gasteiger partial charge in [-0.15, -0.1) is 0 Å². The summed E-state index contributed by atoms with van der Waals surface area (Å²) in [7, 11) is 1.62. The number of nitrogens with zero attached hydrogens (tertiary/aromatic N) is 3. The molecule has 0 radical (unpaired) electrons. The predicted molar refractivity (Wildman–Crippen MR) is 135 cm³/mol. The quantitative estimate of drug-likeness (QED) is 0.255. The number of aromatic nitrogens is 2. The minimum Gasteiger partial charge on any atom is -0.493 e. The highest BCUT2D eigenvalue weighted by Crippen LogP contribution is 2.37. The van der Waals surface area contributed by atoms with E-state index in [0.717, 1.165) is 23.1 Å². The highest BCUT2D eigenvalue weighted by atomic mass is 32.2. The molecule has 8 heteroatoms. The van der Waals surface area contributed by atoms with Crippen LogP contribution in [0.15, 0.2) is 70.1 Å². The van der Waals surface area contributed by atoms with Gasteiger partial charge in [-0.25, -0.2) is 4.68 Å². The van der Waals surface area contributed by atoms with Crippen molar-refractivity contribution in [3.63, 3.8) is 0 Å². The molecule has 1 amide bonds. The molecule has 0 saturated carbocycles. The van der Waals surface area contributed by atoms with Gasteiger partial charge in [-0.2, -0.15) is 5.10 Å². The maximum Gasteiger partial charge on any atom is 0.266 e. The number of amides is 1. The molecule has 0 N–H and O–H groups in total. The van der Waals surface area contributed by atoms with Crippen LogP contribution in [0, 0.1) is 0 Å². The minimum absolute atomic E-state index is 0.0727. The number of carbonyl (C=O) groups excluding carboxylic acids is 1. The van der Waals surface area contributed by atoms with Crippen molar-refractivity contribution in [1.29, 1.82) is 0 Å². The molecule has 0 bridgehead atoms. The summed E-state index contributed by atoms with van der Waals surface area (Å²) in [6.07, 6.45) is 4.60. The van der Waals surface area contributed by atoms with E-state index < -0.39 is 0 Å². The molecule has 1 aliphatic rings. The van der Waals surface area contributed by atoms with Crippen LogP contribution >= 0.6 is 24.0 Å². The van der Waals surface area contributed by atoms with E-state index >= 15 is 0 Å². The summed E-state index contributed by atoms with van der Waals surface area (Å²) < 4.78 is 14.0. The van der Waals surface area contributed by atoms with Crippen molar-refractivity contribution in [2.45, 2.75) is 13.3 Å². The Morgan fingerprint density at radius 3 is 2.76 bits per heavy atom. The molecule has 33 heavy (non-hydrogen) atoms. The summed E-state index contributed by atoms with van der Waals surface area (Å²) >= 11 is 6.75. The van der Waals surface area contributed by atoms with Crippen LogP contribution in [0.3, 0.4) is 0 Å². The van der Waals surface area contributed by atoms with Crippen molar-refractivity contribution in [1.82, 2.24) is 14.7 Å². The zero-order valence-electron chi connectivity index (χ0n) is 18.1. The van der Waals surface area contributed by atoms with E-state index in [1.54, 1.807) is 16.7 Å². The van der Waals surface area contributed by atoms with Gasteiger partial charge < -0.3 is 9.15 Å². The molecular formula is C25H21N3O3S2. The predicted octanol–water partition coefficient (Wildman–Crippen LogP) is 5.91. The monoisotopic (exact) mass is 475 g/mol. The van der Waals surface area contributed by atoms with E-state index in [-0.39, 0.29) is 5.91 Å². The SMILES string of the molecule is CCCN1C(=O)C(=Cc2cn(-c3ccccc3)nc2-c2cc3cccc(OC)c3o2)SC1=S. The topological polar surface area (TPSA) is 60.5 Å². The third-order valence-electron chi connectivity index (χ3n) is 5.33. The number of para-hydroxylation sites is 2. The molecule has 4 aromatic rings. The third-order valence-corrected chi connectivity index (χ3v) is 6.71. The highest BCUT2D eigenvalue weighted by Gasteiger charge is 2.32. The number of furan rings is 1. The van der Waals surface area contributed by atoms with Crippen molar-refractivity contribution in [2.75, 3.05) is 13.7 Å². The van der Waals surface area contributed by atoms with Gasteiger partial charge in [0, 0.05) is 23.7 Å². The summed E-state index contributed by atoms with van der Waals surface area (Å²) in [5.41, 5.74) is 2.97. The molecule has 6 nitrogen and oxygen atoms in total. The Morgan fingerprint density at radius 1 is 1.18 bits per heavy atom. The molecule has 1 saturated heterocycles. The molecule has 2 aromatic heterocycles. The Balaban J connectivity index is 1.64. The first-order chi connectivity index (χ1) is 16.1. The number of hydrogen-bond donors (Lipinski definition) is 0. The molecule has 1 aliphatic heterocycles. The standard InChI is InChI=1S/C25H21N3O3S2/c1-3-12-27-24(29)21(33-25(27)32)14-17-15-28(18-9-5-4-6-10-18)26-22(17)20-13-16-8-7-11-19(30-2)23(16)31-20/h4-11,13-15H,3,12H2,1-2H3. The van der Waals surface area contributed by atoms with Crippen LogP contribution in [-0.2, 0) is 4.79 Å². The van der Waals surface area contributed by atoms with E-state index in [0.29, 0.717) is 38.6 Å². The molecule has 0 unspecified atom stereocenters. The van der Waals surface area contributed by atoms with Crippen LogP contribution in [0.25, 0.3) is 34.2 Å². The van der Waals surface area contributed by atoms with E-state index in [1.807, 2.05) is 73.8 Å². The first-order valence-corrected chi connectivity index (χ1v) is 11.8. The average molecular weight is 476 g/mol. The normalized spacial score (nSPS) is 15.2. The summed E-state index contributed by atoms with van der Waals surface area (Å²) in [5, 5.41) is 5.73. The molecule has 3 heterocycles. The second-order valence-electron chi connectivity index (χ2n) is 7.54. The van der Waals surface area contributed by atoms with Gasteiger partial charge in [-0.1, -0.05) is 61.2 Å². The molecular weight excluding hydrogens is 454 g/mol. The third kappa shape index (κ3) is 3.96. The number of benzene rings is 2. The fourth-order valence-electron chi connectivity index (χ4n) is 3.77. The van der Waals surface area contributed by atoms with Crippen LogP contribution in [0.5, 0.6) is 5.75 Å². The number of fused-ring (bicyclic) bond motifs is 1. The maximum absolute atomic E-state index is 12.9. The van der Waals surface area contributed by atoms with Crippen LogP contribution in [0.1, 0.15) is 18.9 Å². The summed E-state index contributed by atoms with van der Waals surface area (Å²) in [4.78, 5) is 15.2. The molecule has 0 spiro atoms. The van der Waals surface area contributed by atoms with Gasteiger partial charge in [0.15, 0.2) is 17.1 Å². The van der Waals surface area contributed by atoms with Crippen molar-refractivity contribution >= 4 is 51.3 Å². The second-order valence-corrected chi connectivity index (χ2v) is 9.21. The highest BCUT2D eigenvalue weighted by molar-refractivity contribution is 8.26. The van der Waals surface area contributed by atoms with Crippen LogP contribution < -0.4 is 4.74 Å². The van der Waals surface area contributed by atoms with Crippen LogP contribution in [0.4, 0.5) is 0 Å². The summed E-state index contributed by atoms with van der Waals surface area (Å²) in [5.74, 6) is 1.18. The fourth-order valence-corrected chi connectivity index (χ4v) is 5.07. The van der Waals surface area contributed by atoms with Crippen molar-refractivity contribution in [3.05, 3.63) is 71.3 Å². The number of ether oxygens (including phenoxy) is 1. The maximum atomic E-state index is 12.9. The minimum atomic E-state index is -0.0727. The van der Waals surface area contributed by atoms with Gasteiger partial charge >= 0.3 is 0 Å². The van der Waals surface area contributed by atoms with Gasteiger partial charge in [0.25, 0.3) is 5.91 Å². The van der Waals surface area contributed by atoms with E-state index in [2.05, 4.69) is 0 Å². The average Bonchev–Trinajstić information content (AvgIpc) is 3.52. The molecule has 166 valence electrons. The largest absolute Gasteiger partial charge is 0.493 e. The van der Waals surface area contributed by atoms with Gasteiger partial charge in [-0.05, 0) is 36.8 Å². The zero-order valence-corrected chi connectivity index (χ0v) is 19.8. The first-order valence-electron chi connectivity index (χ1n) is 10.6. The smallest absolute Gasteiger partial charge is 0.266 e. The first kappa shape index (κ1) is 21.5. The van der Waals surface area contributed by atoms with Gasteiger partial charge in [0.05, 0.1) is 17.7 Å². The molecule has 2 aromatic carbocycles. The van der Waals surface area contributed by atoms with Crippen LogP contribution in [0.2, 0.25) is 0 Å². The Hall–Kier alpha value is -3.36. The lowest BCUT2D eigenvalue weighted by atomic mass is 10.1. The Labute approximate surface area is 200 Å². The lowest BCUT2D eigenvalue weighted by molar-refractivity contribution is -0.122. The summed E-state index contributed by atoms with van der Waals surface area (Å²) in [6, 6.07) is 17.5. The molecule has 5 rings (SSSR count). The Bertz CT molecular complexity index is 1390. The van der Waals surface area contributed by atoms with Gasteiger partial charge in [0.2, 0.25) is 0 Å². The molecule has 0 atom stereocenters. The fraction of sp³-hybridized carbons (Fsp3) is 0.160. The van der Waals surface area contributed by atoms with Gasteiger partial charge in [-0.3, -0.25) is 9.69 Å². The number of thioether (sulfide) groups is 1.